The van der Waals surface area contributed by atoms with E-state index in [-0.39, 0.29) is 11.3 Å². The lowest BCUT2D eigenvalue weighted by Gasteiger charge is -2.01. The normalized spacial score (nSPS) is 9.47. The highest BCUT2D eigenvalue weighted by Gasteiger charge is 2.03. The van der Waals surface area contributed by atoms with E-state index in [4.69, 9.17) is 10.5 Å². The molecule has 1 N–H and O–H groups in total. The minimum atomic E-state index is -0.0327. The summed E-state index contributed by atoms with van der Waals surface area (Å²) in [6.07, 6.45) is 0. The lowest BCUT2D eigenvalue weighted by atomic mass is 10.0. The summed E-state index contributed by atoms with van der Waals surface area (Å²) in [5, 5.41) is 28.5. The molecule has 2 aromatic carbocycles. The number of hydrogen-bond acceptors (Lipinski definition) is 3. The molecule has 3 nitrogen and oxygen atoms in total. The summed E-state index contributed by atoms with van der Waals surface area (Å²) in [5.41, 5.74) is 0.759. The van der Waals surface area contributed by atoms with Crippen LogP contribution in [-0.2, 0) is 0 Å². The van der Waals surface area contributed by atoms with Crippen molar-refractivity contribution >= 4 is 10.8 Å². The van der Waals surface area contributed by atoms with Gasteiger partial charge in [0.25, 0.3) is 0 Å². The van der Waals surface area contributed by atoms with Crippen molar-refractivity contribution in [3.63, 3.8) is 0 Å². The van der Waals surface area contributed by atoms with Crippen molar-refractivity contribution in [3.8, 4) is 17.9 Å². The molecule has 2 rings (SSSR count). The zero-order valence-electron chi connectivity index (χ0n) is 7.73. The van der Waals surface area contributed by atoms with Gasteiger partial charge in [0.1, 0.15) is 11.8 Å². The Morgan fingerprint density at radius 2 is 1.73 bits per heavy atom. The van der Waals surface area contributed by atoms with Gasteiger partial charge in [0, 0.05) is 0 Å². The van der Waals surface area contributed by atoms with E-state index < -0.39 is 0 Å². The molecular formula is C12H6N2O. The minimum absolute atomic E-state index is 0.0327. The molecule has 0 heterocycles. The predicted octanol–water partition coefficient (Wildman–Crippen LogP) is 2.29. The van der Waals surface area contributed by atoms with E-state index in [9.17, 15) is 5.11 Å². The molecule has 0 aliphatic rings. The number of rotatable bonds is 0. The number of nitrogens with zero attached hydrogens (tertiary/aromatic N) is 2. The molecule has 0 amide bonds. The first kappa shape index (κ1) is 9.05. The largest absolute Gasteiger partial charge is 0.507 e. The fraction of sp³-hybridized carbons (Fsp3) is 0. The molecule has 0 saturated carbocycles. The molecule has 0 fully saturated rings. The van der Waals surface area contributed by atoms with Crippen LogP contribution in [0.1, 0.15) is 11.1 Å². The van der Waals surface area contributed by atoms with Crippen LogP contribution in [0.4, 0.5) is 0 Å². The summed E-state index contributed by atoms with van der Waals surface area (Å²) in [6, 6.07) is 12.1. The topological polar surface area (TPSA) is 67.8 Å². The second-order valence-electron chi connectivity index (χ2n) is 3.15. The van der Waals surface area contributed by atoms with Gasteiger partial charge in [0.2, 0.25) is 0 Å². The van der Waals surface area contributed by atoms with Gasteiger partial charge in [-0.3, -0.25) is 0 Å². The summed E-state index contributed by atoms with van der Waals surface area (Å²) >= 11 is 0. The highest BCUT2D eigenvalue weighted by atomic mass is 16.3. The summed E-state index contributed by atoms with van der Waals surface area (Å²) in [4.78, 5) is 0. The summed E-state index contributed by atoms with van der Waals surface area (Å²) in [6.45, 7) is 0. The average molecular weight is 194 g/mol. The van der Waals surface area contributed by atoms with Crippen LogP contribution >= 0.6 is 0 Å². The van der Waals surface area contributed by atoms with Crippen molar-refractivity contribution < 1.29 is 5.11 Å². The number of aromatic hydroxyl groups is 1. The van der Waals surface area contributed by atoms with E-state index in [1.54, 1.807) is 24.3 Å². The summed E-state index contributed by atoms with van der Waals surface area (Å²) < 4.78 is 0. The maximum atomic E-state index is 9.45. The van der Waals surface area contributed by atoms with Crippen LogP contribution in [0.3, 0.4) is 0 Å². The van der Waals surface area contributed by atoms with Gasteiger partial charge in [0.05, 0.1) is 17.2 Å². The molecule has 0 aromatic heterocycles. The minimum Gasteiger partial charge on any atom is -0.507 e. The van der Waals surface area contributed by atoms with Crippen LogP contribution in [0.2, 0.25) is 0 Å². The molecule has 15 heavy (non-hydrogen) atoms. The molecule has 0 radical (unpaired) electrons. The Morgan fingerprint density at radius 1 is 0.933 bits per heavy atom. The van der Waals surface area contributed by atoms with Crippen LogP contribution in [0.5, 0.6) is 5.75 Å². The zero-order valence-corrected chi connectivity index (χ0v) is 7.73. The number of benzene rings is 2. The van der Waals surface area contributed by atoms with E-state index in [1.165, 1.54) is 6.07 Å². The Hall–Kier alpha value is -2.52. The smallest absolute Gasteiger partial charge is 0.133 e. The maximum Gasteiger partial charge on any atom is 0.133 e. The maximum absolute atomic E-state index is 9.45. The van der Waals surface area contributed by atoms with Crippen LogP contribution in [0.15, 0.2) is 30.3 Å². The van der Waals surface area contributed by atoms with Crippen molar-refractivity contribution in [2.24, 2.45) is 0 Å². The van der Waals surface area contributed by atoms with Crippen LogP contribution in [0.25, 0.3) is 10.8 Å². The van der Waals surface area contributed by atoms with Crippen molar-refractivity contribution in [2.75, 3.05) is 0 Å². The number of fused-ring (bicyclic) bond motifs is 1. The van der Waals surface area contributed by atoms with Gasteiger partial charge in [-0.1, -0.05) is 6.07 Å². The SMILES string of the molecule is N#Cc1ccc2cc(O)c(C#N)cc2c1. The van der Waals surface area contributed by atoms with Crippen LogP contribution < -0.4 is 0 Å². The first-order valence-corrected chi connectivity index (χ1v) is 4.31. The highest BCUT2D eigenvalue weighted by Crippen LogP contribution is 2.24. The van der Waals surface area contributed by atoms with E-state index >= 15 is 0 Å². The Bertz CT molecular complexity index is 618. The zero-order chi connectivity index (χ0) is 10.8. The molecule has 0 aliphatic carbocycles. The molecule has 0 bridgehead atoms. The molecule has 0 spiro atoms. The summed E-state index contributed by atoms with van der Waals surface area (Å²) in [7, 11) is 0. The Balaban J connectivity index is 2.80. The number of phenolic OH excluding ortho intramolecular Hbond substituents is 1. The monoisotopic (exact) mass is 194 g/mol. The van der Waals surface area contributed by atoms with Gasteiger partial charge in [-0.05, 0) is 35.0 Å². The van der Waals surface area contributed by atoms with Gasteiger partial charge in [-0.2, -0.15) is 10.5 Å². The van der Waals surface area contributed by atoms with Crippen molar-refractivity contribution in [3.05, 3.63) is 41.5 Å². The van der Waals surface area contributed by atoms with Gasteiger partial charge < -0.3 is 5.11 Å². The van der Waals surface area contributed by atoms with Gasteiger partial charge in [-0.25, -0.2) is 0 Å². The van der Waals surface area contributed by atoms with E-state index in [2.05, 4.69) is 0 Å². The van der Waals surface area contributed by atoms with Gasteiger partial charge in [0.15, 0.2) is 0 Å². The third-order valence-electron chi connectivity index (χ3n) is 2.20. The predicted molar refractivity (Wildman–Crippen MR) is 55.0 cm³/mol. The molecule has 0 aliphatic heterocycles. The van der Waals surface area contributed by atoms with E-state index in [1.807, 2.05) is 12.1 Å². The molecule has 0 saturated heterocycles. The first-order chi connectivity index (χ1) is 7.24. The first-order valence-electron chi connectivity index (χ1n) is 4.31. The molecular weight excluding hydrogens is 188 g/mol. The Kier molecular flexibility index (Phi) is 2.00. The van der Waals surface area contributed by atoms with E-state index in [0.717, 1.165) is 10.8 Å². The quantitative estimate of drug-likeness (QED) is 0.699. The van der Waals surface area contributed by atoms with Gasteiger partial charge in [-0.15, -0.1) is 0 Å². The van der Waals surface area contributed by atoms with Crippen molar-refractivity contribution in [1.29, 1.82) is 10.5 Å². The third-order valence-corrected chi connectivity index (χ3v) is 2.20. The number of nitriles is 2. The standard InChI is InChI=1S/C12H6N2O/c13-6-8-1-2-9-5-12(15)11(7-14)4-10(9)3-8/h1-5,15H. The Labute approximate surface area is 86.4 Å². The second-order valence-corrected chi connectivity index (χ2v) is 3.15. The van der Waals surface area contributed by atoms with Crippen molar-refractivity contribution in [2.45, 2.75) is 0 Å². The van der Waals surface area contributed by atoms with Crippen LogP contribution in [0, 0.1) is 22.7 Å². The molecule has 2 aromatic rings. The molecule has 70 valence electrons. The average Bonchev–Trinajstić information content (AvgIpc) is 2.27. The van der Waals surface area contributed by atoms with E-state index in [0.29, 0.717) is 5.56 Å². The number of phenols is 1. The molecule has 0 atom stereocenters. The molecule has 3 heteroatoms. The fourth-order valence-electron chi connectivity index (χ4n) is 1.44. The molecule has 0 unspecified atom stereocenters. The highest BCUT2D eigenvalue weighted by molar-refractivity contribution is 5.86. The summed E-state index contributed by atoms with van der Waals surface area (Å²) in [5.74, 6) is -0.0327. The van der Waals surface area contributed by atoms with Crippen molar-refractivity contribution in [1.82, 2.24) is 0 Å². The Morgan fingerprint density at radius 3 is 2.40 bits per heavy atom. The third kappa shape index (κ3) is 1.47. The lowest BCUT2D eigenvalue weighted by Crippen LogP contribution is -1.80. The lowest BCUT2D eigenvalue weighted by molar-refractivity contribution is 0.474. The fourth-order valence-corrected chi connectivity index (χ4v) is 1.44. The van der Waals surface area contributed by atoms with Crippen LogP contribution in [-0.4, -0.2) is 5.11 Å². The number of hydrogen-bond donors (Lipinski definition) is 1. The second kappa shape index (κ2) is 3.32. The van der Waals surface area contributed by atoms with Gasteiger partial charge >= 0.3 is 0 Å².